The summed E-state index contributed by atoms with van der Waals surface area (Å²) in [6.07, 6.45) is 2.58. The molecular formula is C20H25ClN4O. The number of nitrogens with one attached hydrogen (secondary N) is 1. The van der Waals surface area contributed by atoms with Crippen molar-refractivity contribution in [1.82, 2.24) is 14.8 Å². The minimum Gasteiger partial charge on any atom is -0.320 e. The zero-order valence-electron chi connectivity index (χ0n) is 15.2. The fourth-order valence-electron chi connectivity index (χ4n) is 3.55. The predicted molar refractivity (Wildman–Crippen MR) is 105 cm³/mol. The molecule has 26 heavy (non-hydrogen) atoms. The number of amides is 2. The smallest absolute Gasteiger partial charge is 0.320 e. The molecule has 5 nitrogen and oxygen atoms in total. The molecule has 2 aromatic rings. The van der Waals surface area contributed by atoms with Gasteiger partial charge in [-0.25, -0.2) is 9.78 Å². The molecule has 0 unspecified atom stereocenters. The zero-order chi connectivity index (χ0) is 18.5. The summed E-state index contributed by atoms with van der Waals surface area (Å²) in [5.41, 5.74) is 1.85. The number of nitrogens with zero attached hydrogens (tertiary/aromatic N) is 3. The third kappa shape index (κ3) is 4.17. The van der Waals surface area contributed by atoms with Crippen LogP contribution in [0.1, 0.15) is 31.9 Å². The number of halogens is 1. The van der Waals surface area contributed by atoms with E-state index in [1.54, 1.807) is 18.3 Å². The van der Waals surface area contributed by atoms with Crippen molar-refractivity contribution in [3.05, 3.63) is 59.4 Å². The van der Waals surface area contributed by atoms with E-state index in [0.717, 1.165) is 19.5 Å². The molecule has 0 saturated carbocycles. The van der Waals surface area contributed by atoms with Crippen LogP contribution in [-0.2, 0) is 0 Å². The highest BCUT2D eigenvalue weighted by Gasteiger charge is 2.32. The van der Waals surface area contributed by atoms with Crippen molar-refractivity contribution in [3.8, 4) is 0 Å². The SMILES string of the molecule is CCN(C(=O)Nc1cccnc1Cl)[C@@H]1CCN([C@H](C)c2ccccc2)C1. The Hall–Kier alpha value is -2.11. The average Bonchev–Trinajstić information content (AvgIpc) is 3.14. The summed E-state index contributed by atoms with van der Waals surface area (Å²) in [5.74, 6) is 0. The second-order valence-corrected chi connectivity index (χ2v) is 6.94. The van der Waals surface area contributed by atoms with Crippen LogP contribution in [0.25, 0.3) is 0 Å². The Morgan fingerprint density at radius 2 is 2.12 bits per heavy atom. The summed E-state index contributed by atoms with van der Waals surface area (Å²) < 4.78 is 0. The molecule has 1 aliphatic rings. The first kappa shape index (κ1) is 18.7. The number of hydrogen-bond acceptors (Lipinski definition) is 3. The van der Waals surface area contributed by atoms with Crippen molar-refractivity contribution in [2.75, 3.05) is 25.0 Å². The molecule has 0 bridgehead atoms. The van der Waals surface area contributed by atoms with Gasteiger partial charge in [0.25, 0.3) is 0 Å². The topological polar surface area (TPSA) is 48.5 Å². The van der Waals surface area contributed by atoms with Crippen molar-refractivity contribution in [2.24, 2.45) is 0 Å². The Kier molecular flexibility index (Phi) is 6.12. The van der Waals surface area contributed by atoms with Gasteiger partial charge in [-0.05, 0) is 38.0 Å². The lowest BCUT2D eigenvalue weighted by Gasteiger charge is -2.30. The van der Waals surface area contributed by atoms with Crippen LogP contribution in [0.2, 0.25) is 5.15 Å². The van der Waals surface area contributed by atoms with Crippen LogP contribution >= 0.6 is 11.6 Å². The molecule has 1 fully saturated rings. The molecule has 0 aliphatic carbocycles. The zero-order valence-corrected chi connectivity index (χ0v) is 16.0. The maximum atomic E-state index is 12.7. The molecule has 6 heteroatoms. The van der Waals surface area contributed by atoms with Gasteiger partial charge in [0.05, 0.1) is 5.69 Å². The summed E-state index contributed by atoms with van der Waals surface area (Å²) >= 11 is 6.06. The lowest BCUT2D eigenvalue weighted by atomic mass is 10.1. The van der Waals surface area contributed by atoms with Gasteiger partial charge < -0.3 is 10.2 Å². The third-order valence-corrected chi connectivity index (χ3v) is 5.37. The molecule has 1 aliphatic heterocycles. The summed E-state index contributed by atoms with van der Waals surface area (Å²) in [6.45, 7) is 6.75. The lowest BCUT2D eigenvalue weighted by Crippen LogP contribution is -2.44. The minimum absolute atomic E-state index is 0.124. The van der Waals surface area contributed by atoms with Gasteiger partial charge in [-0.2, -0.15) is 0 Å². The number of carbonyl (C=O) groups excluding carboxylic acids is 1. The summed E-state index contributed by atoms with van der Waals surface area (Å²) in [6, 6.07) is 14.4. The van der Waals surface area contributed by atoms with E-state index < -0.39 is 0 Å². The fourth-order valence-corrected chi connectivity index (χ4v) is 3.72. The molecule has 2 amide bonds. The molecule has 0 spiro atoms. The van der Waals surface area contributed by atoms with Gasteiger partial charge in [-0.15, -0.1) is 0 Å². The Labute approximate surface area is 160 Å². The predicted octanol–water partition coefficient (Wildman–Crippen LogP) is 4.42. The van der Waals surface area contributed by atoms with Gasteiger partial charge in [0.2, 0.25) is 0 Å². The highest BCUT2D eigenvalue weighted by molar-refractivity contribution is 6.32. The second-order valence-electron chi connectivity index (χ2n) is 6.58. The van der Waals surface area contributed by atoms with Crippen LogP contribution in [0, 0.1) is 0 Å². The standard InChI is InChI=1S/C20H25ClN4O/c1-3-25(20(26)23-18-10-7-12-22-19(18)21)17-11-13-24(14-17)15(2)16-8-5-4-6-9-16/h4-10,12,15,17H,3,11,13-14H2,1-2H3,(H,23,26)/t15-,17-/m1/s1. The molecular weight excluding hydrogens is 348 g/mol. The van der Waals surface area contributed by atoms with Crippen LogP contribution in [-0.4, -0.2) is 46.5 Å². The van der Waals surface area contributed by atoms with Crippen molar-refractivity contribution >= 4 is 23.3 Å². The number of anilines is 1. The number of urea groups is 1. The molecule has 1 aromatic heterocycles. The maximum Gasteiger partial charge on any atom is 0.322 e. The van der Waals surface area contributed by atoms with E-state index in [4.69, 9.17) is 11.6 Å². The molecule has 2 atom stereocenters. The van der Waals surface area contributed by atoms with E-state index in [1.165, 1.54) is 5.56 Å². The molecule has 3 rings (SSSR count). The number of benzene rings is 1. The van der Waals surface area contributed by atoms with Gasteiger partial charge in [0.1, 0.15) is 0 Å². The van der Waals surface area contributed by atoms with E-state index in [1.807, 2.05) is 17.9 Å². The number of aromatic nitrogens is 1. The quantitative estimate of drug-likeness (QED) is 0.790. The van der Waals surface area contributed by atoms with Gasteiger partial charge >= 0.3 is 6.03 Å². The molecule has 2 heterocycles. The number of rotatable bonds is 5. The van der Waals surface area contributed by atoms with E-state index in [0.29, 0.717) is 23.4 Å². The molecule has 1 saturated heterocycles. The van der Waals surface area contributed by atoms with Crippen LogP contribution in [0.4, 0.5) is 10.5 Å². The van der Waals surface area contributed by atoms with Crippen LogP contribution in [0.3, 0.4) is 0 Å². The third-order valence-electron chi connectivity index (χ3n) is 5.07. The largest absolute Gasteiger partial charge is 0.322 e. The summed E-state index contributed by atoms with van der Waals surface area (Å²) in [4.78, 5) is 21.1. The highest BCUT2D eigenvalue weighted by Crippen LogP contribution is 2.27. The number of hydrogen-bond donors (Lipinski definition) is 1. The Morgan fingerprint density at radius 3 is 2.81 bits per heavy atom. The normalized spacial score (nSPS) is 18.5. The molecule has 1 aromatic carbocycles. The van der Waals surface area contributed by atoms with E-state index in [2.05, 4.69) is 46.4 Å². The first-order chi connectivity index (χ1) is 12.6. The first-order valence-electron chi connectivity index (χ1n) is 9.07. The fraction of sp³-hybridized carbons (Fsp3) is 0.400. The minimum atomic E-state index is -0.124. The monoisotopic (exact) mass is 372 g/mol. The van der Waals surface area contributed by atoms with Crippen molar-refractivity contribution in [1.29, 1.82) is 0 Å². The number of carbonyl (C=O) groups is 1. The first-order valence-corrected chi connectivity index (χ1v) is 9.45. The van der Waals surface area contributed by atoms with Gasteiger partial charge in [0, 0.05) is 37.9 Å². The average molecular weight is 373 g/mol. The maximum absolute atomic E-state index is 12.7. The van der Waals surface area contributed by atoms with E-state index in [9.17, 15) is 4.79 Å². The van der Waals surface area contributed by atoms with Gasteiger partial charge in [0.15, 0.2) is 5.15 Å². The Bertz CT molecular complexity index is 740. The lowest BCUT2D eigenvalue weighted by molar-refractivity contribution is 0.184. The Morgan fingerprint density at radius 1 is 1.35 bits per heavy atom. The van der Waals surface area contributed by atoms with Crippen molar-refractivity contribution in [2.45, 2.75) is 32.4 Å². The van der Waals surface area contributed by atoms with E-state index >= 15 is 0 Å². The molecule has 138 valence electrons. The number of likely N-dealkylation sites (tertiary alicyclic amines) is 1. The van der Waals surface area contributed by atoms with E-state index in [-0.39, 0.29) is 12.1 Å². The van der Waals surface area contributed by atoms with Gasteiger partial charge in [-0.1, -0.05) is 41.9 Å². The number of likely N-dealkylation sites (N-methyl/N-ethyl adjacent to an activating group) is 1. The molecule has 0 radical (unpaired) electrons. The Balaban J connectivity index is 1.64. The van der Waals surface area contributed by atoms with Crippen LogP contribution in [0.5, 0.6) is 0 Å². The van der Waals surface area contributed by atoms with Crippen molar-refractivity contribution < 1.29 is 4.79 Å². The van der Waals surface area contributed by atoms with Crippen LogP contribution < -0.4 is 5.32 Å². The highest BCUT2D eigenvalue weighted by atomic mass is 35.5. The summed E-state index contributed by atoms with van der Waals surface area (Å²) in [7, 11) is 0. The second kappa shape index (κ2) is 8.52. The number of pyridine rings is 1. The summed E-state index contributed by atoms with van der Waals surface area (Å²) in [5, 5.41) is 3.20. The van der Waals surface area contributed by atoms with Gasteiger partial charge in [-0.3, -0.25) is 4.90 Å². The van der Waals surface area contributed by atoms with Crippen LogP contribution in [0.15, 0.2) is 48.7 Å². The molecule has 1 N–H and O–H groups in total. The van der Waals surface area contributed by atoms with Crippen molar-refractivity contribution in [3.63, 3.8) is 0 Å².